The quantitative estimate of drug-likeness (QED) is 0.707. The van der Waals surface area contributed by atoms with Gasteiger partial charge in [0.15, 0.2) is 0 Å². The molecule has 1 aliphatic heterocycles. The van der Waals surface area contributed by atoms with Gasteiger partial charge in [0.05, 0.1) is 12.8 Å². The molecule has 6 nitrogen and oxygen atoms in total. The van der Waals surface area contributed by atoms with Crippen molar-refractivity contribution in [1.29, 1.82) is 0 Å². The third kappa shape index (κ3) is 4.61. The minimum Gasteiger partial charge on any atom is -0.484 e. The number of anilines is 1. The van der Waals surface area contributed by atoms with Gasteiger partial charge in [-0.1, -0.05) is 24.3 Å². The Morgan fingerprint density at radius 3 is 2.85 bits per heavy atom. The van der Waals surface area contributed by atoms with E-state index in [-0.39, 0.29) is 6.73 Å². The summed E-state index contributed by atoms with van der Waals surface area (Å²) in [5.74, 6) is 1.46. The monoisotopic (exact) mass is 386 g/mol. The van der Waals surface area contributed by atoms with E-state index in [4.69, 9.17) is 19.2 Å². The van der Waals surface area contributed by atoms with Crippen LogP contribution in [0.5, 0.6) is 5.75 Å². The van der Waals surface area contributed by atoms with Gasteiger partial charge < -0.3 is 14.2 Å². The van der Waals surface area contributed by atoms with Crippen molar-refractivity contribution in [2.75, 3.05) is 32.5 Å². The highest BCUT2D eigenvalue weighted by Gasteiger charge is 2.20. The van der Waals surface area contributed by atoms with Crippen LogP contribution in [-0.2, 0) is 15.2 Å². The van der Waals surface area contributed by atoms with Crippen LogP contribution in [-0.4, -0.2) is 38.7 Å². The minimum atomic E-state index is -0.461. The Bertz CT molecular complexity index is 854. The summed E-state index contributed by atoms with van der Waals surface area (Å²) in [6.45, 7) is 2.59. The van der Waals surface area contributed by atoms with Crippen molar-refractivity contribution in [3.63, 3.8) is 0 Å². The molecule has 0 atom stereocenters. The zero-order valence-corrected chi connectivity index (χ0v) is 16.4. The third-order valence-electron chi connectivity index (χ3n) is 4.04. The number of fused-ring (bicyclic) bond motifs is 1. The first-order valence-corrected chi connectivity index (χ1v) is 9.47. The van der Waals surface area contributed by atoms with Crippen molar-refractivity contribution >= 4 is 34.3 Å². The van der Waals surface area contributed by atoms with Crippen LogP contribution in [0.15, 0.2) is 47.5 Å². The van der Waals surface area contributed by atoms with Gasteiger partial charge in [-0.05, 0) is 36.2 Å². The number of para-hydroxylation sites is 1. The van der Waals surface area contributed by atoms with Gasteiger partial charge in [-0.2, -0.15) is 0 Å². The summed E-state index contributed by atoms with van der Waals surface area (Å²) in [6, 6.07) is 13.7. The van der Waals surface area contributed by atoms with Gasteiger partial charge >= 0.3 is 6.09 Å². The number of methoxy groups -OCH3 is 2. The molecule has 1 aliphatic rings. The molecule has 0 N–H and O–H groups in total. The van der Waals surface area contributed by atoms with Crippen LogP contribution in [0.25, 0.3) is 0 Å². The van der Waals surface area contributed by atoms with E-state index in [1.807, 2.05) is 49.4 Å². The molecule has 1 heterocycles. The molecule has 0 radical (unpaired) electrons. The van der Waals surface area contributed by atoms with E-state index in [2.05, 4.69) is 0 Å². The Morgan fingerprint density at radius 1 is 1.26 bits per heavy atom. The molecule has 1 amide bonds. The van der Waals surface area contributed by atoms with Crippen LogP contribution < -0.4 is 9.64 Å². The number of thioether (sulfide) groups is 1. The maximum atomic E-state index is 12.1. The molecule has 2 aromatic rings. The van der Waals surface area contributed by atoms with Crippen molar-refractivity contribution in [3.8, 4) is 5.75 Å². The lowest BCUT2D eigenvalue weighted by Crippen LogP contribution is -2.33. The van der Waals surface area contributed by atoms with E-state index in [9.17, 15) is 4.79 Å². The van der Waals surface area contributed by atoms with E-state index in [1.165, 1.54) is 12.0 Å². The van der Waals surface area contributed by atoms with Gasteiger partial charge in [0.25, 0.3) is 0 Å². The fourth-order valence-electron chi connectivity index (χ4n) is 2.73. The second kappa shape index (κ2) is 8.92. The summed E-state index contributed by atoms with van der Waals surface area (Å²) in [5, 5.41) is 0.902. The molecule has 0 fully saturated rings. The SMILES string of the molecule is COCN(C(=O)OC)c1ccccc1CSC1=Nc2cc(C)ccc2OC1. The highest BCUT2D eigenvalue weighted by molar-refractivity contribution is 8.13. The summed E-state index contributed by atoms with van der Waals surface area (Å²) >= 11 is 1.59. The molecule has 0 spiro atoms. The average Bonchev–Trinajstić information content (AvgIpc) is 2.70. The molecular formula is C20H22N2O4S. The first-order valence-electron chi connectivity index (χ1n) is 8.48. The number of benzene rings is 2. The lowest BCUT2D eigenvalue weighted by atomic mass is 10.2. The molecule has 27 heavy (non-hydrogen) atoms. The fourth-order valence-corrected chi connectivity index (χ4v) is 3.61. The van der Waals surface area contributed by atoms with Gasteiger partial charge in [0.2, 0.25) is 0 Å². The zero-order valence-electron chi connectivity index (χ0n) is 15.6. The van der Waals surface area contributed by atoms with Gasteiger partial charge in [-0.15, -0.1) is 11.8 Å². The van der Waals surface area contributed by atoms with Crippen molar-refractivity contribution in [2.24, 2.45) is 4.99 Å². The smallest absolute Gasteiger partial charge is 0.415 e. The number of carbonyl (C=O) groups excluding carboxylic acids is 1. The van der Waals surface area contributed by atoms with E-state index in [0.717, 1.165) is 33.3 Å². The highest BCUT2D eigenvalue weighted by atomic mass is 32.2. The maximum Gasteiger partial charge on any atom is 0.415 e. The Hall–Kier alpha value is -2.51. The number of hydrogen-bond donors (Lipinski definition) is 0. The molecule has 0 bridgehead atoms. The molecule has 3 rings (SSSR count). The van der Waals surface area contributed by atoms with Crippen LogP contribution in [0.2, 0.25) is 0 Å². The molecule has 0 aliphatic carbocycles. The van der Waals surface area contributed by atoms with Crippen molar-refractivity contribution in [3.05, 3.63) is 53.6 Å². The normalized spacial score (nSPS) is 12.6. The molecule has 142 valence electrons. The number of nitrogens with zero attached hydrogens (tertiary/aromatic N) is 2. The molecular weight excluding hydrogens is 364 g/mol. The standard InChI is InChI=1S/C20H22N2O4S/c1-14-8-9-18-16(10-14)21-19(11-26-18)27-12-15-6-4-5-7-17(15)22(13-24-2)20(23)25-3/h4-10H,11-13H2,1-3H3. The Balaban J connectivity index is 1.78. The molecule has 2 aromatic carbocycles. The third-order valence-corrected chi connectivity index (χ3v) is 5.04. The summed E-state index contributed by atoms with van der Waals surface area (Å²) in [6.07, 6.45) is -0.461. The van der Waals surface area contributed by atoms with Crippen LogP contribution in [0.1, 0.15) is 11.1 Å². The molecule has 0 saturated heterocycles. The first kappa shape index (κ1) is 19.3. The van der Waals surface area contributed by atoms with Gasteiger partial charge in [0.1, 0.15) is 29.8 Å². The highest BCUT2D eigenvalue weighted by Crippen LogP contribution is 2.34. The zero-order chi connectivity index (χ0) is 19.2. The number of hydrogen-bond acceptors (Lipinski definition) is 6. The summed E-state index contributed by atoms with van der Waals surface area (Å²) in [4.78, 5) is 18.3. The number of aliphatic imine (C=N–C) groups is 1. The van der Waals surface area contributed by atoms with Crippen LogP contribution in [0, 0.1) is 6.92 Å². The topological polar surface area (TPSA) is 60.4 Å². The second-order valence-corrected chi connectivity index (χ2v) is 7.05. The van der Waals surface area contributed by atoms with Crippen LogP contribution in [0.3, 0.4) is 0 Å². The predicted octanol–water partition coefficient (Wildman–Crippen LogP) is 4.53. The summed E-state index contributed by atoms with van der Waals surface area (Å²) in [7, 11) is 2.90. The predicted molar refractivity (Wildman–Crippen MR) is 108 cm³/mol. The average molecular weight is 386 g/mol. The Labute approximate surface area is 163 Å². The summed E-state index contributed by atoms with van der Waals surface area (Å²) < 4.78 is 15.8. The van der Waals surface area contributed by atoms with E-state index < -0.39 is 6.09 Å². The van der Waals surface area contributed by atoms with Gasteiger partial charge in [0, 0.05) is 12.9 Å². The number of rotatable bonds is 5. The van der Waals surface area contributed by atoms with E-state index in [1.54, 1.807) is 18.9 Å². The number of amides is 1. The van der Waals surface area contributed by atoms with E-state index in [0.29, 0.717) is 12.4 Å². The molecule has 0 saturated carbocycles. The molecule has 0 unspecified atom stereocenters. The summed E-state index contributed by atoms with van der Waals surface area (Å²) in [5.41, 5.74) is 3.74. The maximum absolute atomic E-state index is 12.1. The van der Waals surface area contributed by atoms with E-state index >= 15 is 0 Å². The Kier molecular flexibility index (Phi) is 6.36. The van der Waals surface area contributed by atoms with Crippen LogP contribution >= 0.6 is 11.8 Å². The second-order valence-electron chi connectivity index (χ2n) is 6.00. The minimum absolute atomic E-state index is 0.116. The molecule has 7 heteroatoms. The lowest BCUT2D eigenvalue weighted by molar-refractivity contribution is 0.153. The number of ether oxygens (including phenoxy) is 3. The number of aryl methyl sites for hydroxylation is 1. The van der Waals surface area contributed by atoms with Crippen molar-refractivity contribution in [2.45, 2.75) is 12.7 Å². The van der Waals surface area contributed by atoms with Crippen molar-refractivity contribution in [1.82, 2.24) is 0 Å². The van der Waals surface area contributed by atoms with Gasteiger partial charge in [-0.25, -0.2) is 9.79 Å². The Morgan fingerprint density at radius 2 is 2.07 bits per heavy atom. The largest absolute Gasteiger partial charge is 0.484 e. The first-order chi connectivity index (χ1) is 13.1. The lowest BCUT2D eigenvalue weighted by Gasteiger charge is -2.23. The van der Waals surface area contributed by atoms with Crippen LogP contribution in [0.4, 0.5) is 16.2 Å². The molecule has 0 aromatic heterocycles. The fraction of sp³-hybridized carbons (Fsp3) is 0.300. The van der Waals surface area contributed by atoms with Gasteiger partial charge in [-0.3, -0.25) is 4.90 Å². The number of carbonyl (C=O) groups is 1. The van der Waals surface area contributed by atoms with Crippen molar-refractivity contribution < 1.29 is 19.0 Å².